The lowest BCUT2D eigenvalue weighted by atomic mass is 10.1. The van der Waals surface area contributed by atoms with Crippen molar-refractivity contribution < 1.29 is 15.0 Å². The van der Waals surface area contributed by atoms with Gasteiger partial charge in [-0.05, 0) is 42.8 Å². The molecule has 2 aromatic carbocycles. The molecule has 0 radical (unpaired) electrons. The monoisotopic (exact) mass is 277 g/mol. The molecule has 0 aliphatic carbocycles. The molecular formula is C14H12ClNO3. The van der Waals surface area contributed by atoms with E-state index < -0.39 is 0 Å². The van der Waals surface area contributed by atoms with E-state index in [0.717, 1.165) is 0 Å². The first-order valence-corrected chi connectivity index (χ1v) is 5.94. The molecule has 1 amide bonds. The van der Waals surface area contributed by atoms with Gasteiger partial charge in [0.1, 0.15) is 11.5 Å². The van der Waals surface area contributed by atoms with Crippen LogP contribution < -0.4 is 5.32 Å². The Morgan fingerprint density at radius 3 is 2.53 bits per heavy atom. The molecule has 0 heterocycles. The molecule has 98 valence electrons. The van der Waals surface area contributed by atoms with Crippen molar-refractivity contribution in [3.8, 4) is 11.5 Å². The summed E-state index contributed by atoms with van der Waals surface area (Å²) in [6, 6.07) is 8.86. The van der Waals surface area contributed by atoms with Crippen molar-refractivity contribution in [3.63, 3.8) is 0 Å². The smallest absolute Gasteiger partial charge is 0.255 e. The predicted molar refractivity (Wildman–Crippen MR) is 73.9 cm³/mol. The van der Waals surface area contributed by atoms with Crippen molar-refractivity contribution in [2.45, 2.75) is 6.92 Å². The summed E-state index contributed by atoms with van der Waals surface area (Å²) in [6.07, 6.45) is 0. The number of phenolic OH excluding ortho intramolecular Hbond substituents is 2. The van der Waals surface area contributed by atoms with E-state index in [1.165, 1.54) is 30.3 Å². The van der Waals surface area contributed by atoms with Gasteiger partial charge in [0.25, 0.3) is 5.91 Å². The predicted octanol–water partition coefficient (Wildman–Crippen LogP) is 3.31. The summed E-state index contributed by atoms with van der Waals surface area (Å²) in [5, 5.41) is 21.5. The van der Waals surface area contributed by atoms with Gasteiger partial charge in [0.2, 0.25) is 0 Å². The van der Waals surface area contributed by atoms with Gasteiger partial charge in [-0.25, -0.2) is 0 Å². The fraction of sp³-hybridized carbons (Fsp3) is 0.0714. The number of nitrogens with one attached hydrogen (secondary N) is 1. The minimum Gasteiger partial charge on any atom is -0.508 e. The molecular weight excluding hydrogens is 266 g/mol. The van der Waals surface area contributed by atoms with Gasteiger partial charge in [0.15, 0.2) is 0 Å². The number of benzene rings is 2. The molecule has 0 aromatic heterocycles. The number of rotatable bonds is 2. The van der Waals surface area contributed by atoms with E-state index in [0.29, 0.717) is 16.8 Å². The first kappa shape index (κ1) is 13.2. The van der Waals surface area contributed by atoms with Crippen molar-refractivity contribution in [1.29, 1.82) is 0 Å². The summed E-state index contributed by atoms with van der Waals surface area (Å²) < 4.78 is 0. The highest BCUT2D eigenvalue weighted by molar-refractivity contribution is 6.34. The van der Waals surface area contributed by atoms with Crippen molar-refractivity contribution in [2.24, 2.45) is 0 Å². The normalized spacial score (nSPS) is 10.2. The number of phenols is 2. The van der Waals surface area contributed by atoms with E-state index in [9.17, 15) is 15.0 Å². The average Bonchev–Trinajstić information content (AvgIpc) is 2.36. The van der Waals surface area contributed by atoms with Crippen LogP contribution in [0.3, 0.4) is 0 Å². The molecule has 0 saturated carbocycles. The van der Waals surface area contributed by atoms with Gasteiger partial charge in [-0.1, -0.05) is 11.6 Å². The second kappa shape index (κ2) is 5.20. The van der Waals surface area contributed by atoms with Crippen LogP contribution >= 0.6 is 11.6 Å². The topological polar surface area (TPSA) is 69.6 Å². The summed E-state index contributed by atoms with van der Waals surface area (Å²) in [5.41, 5.74) is 1.44. The van der Waals surface area contributed by atoms with Crippen LogP contribution in [0.4, 0.5) is 5.69 Å². The van der Waals surface area contributed by atoms with Gasteiger partial charge in [0, 0.05) is 11.6 Å². The molecule has 0 fully saturated rings. The Morgan fingerprint density at radius 2 is 1.89 bits per heavy atom. The molecule has 2 rings (SSSR count). The highest BCUT2D eigenvalue weighted by atomic mass is 35.5. The number of amides is 1. The van der Waals surface area contributed by atoms with E-state index in [2.05, 4.69) is 5.32 Å². The van der Waals surface area contributed by atoms with E-state index in [4.69, 9.17) is 11.6 Å². The first-order valence-electron chi connectivity index (χ1n) is 5.57. The number of anilines is 1. The fourth-order valence-electron chi connectivity index (χ4n) is 1.60. The number of carbonyl (C=O) groups is 1. The number of hydrogen-bond donors (Lipinski definition) is 3. The molecule has 0 unspecified atom stereocenters. The lowest BCUT2D eigenvalue weighted by Crippen LogP contribution is -2.12. The van der Waals surface area contributed by atoms with Crippen LogP contribution in [0.15, 0.2) is 36.4 Å². The van der Waals surface area contributed by atoms with Crippen molar-refractivity contribution >= 4 is 23.2 Å². The maximum atomic E-state index is 12.0. The Morgan fingerprint density at radius 1 is 1.16 bits per heavy atom. The quantitative estimate of drug-likeness (QED) is 0.738. The van der Waals surface area contributed by atoms with Crippen LogP contribution in [-0.2, 0) is 0 Å². The van der Waals surface area contributed by atoms with E-state index in [1.807, 2.05) is 0 Å². The van der Waals surface area contributed by atoms with Crippen LogP contribution in [0.1, 0.15) is 15.9 Å². The third-order valence-corrected chi connectivity index (χ3v) is 2.97. The molecule has 2 aromatic rings. The van der Waals surface area contributed by atoms with Gasteiger partial charge in [-0.3, -0.25) is 4.79 Å². The second-order valence-corrected chi connectivity index (χ2v) is 4.53. The third-order valence-electron chi connectivity index (χ3n) is 2.66. The molecule has 4 nitrogen and oxygen atoms in total. The maximum Gasteiger partial charge on any atom is 0.255 e. The van der Waals surface area contributed by atoms with Gasteiger partial charge >= 0.3 is 0 Å². The molecule has 0 atom stereocenters. The Kier molecular flexibility index (Phi) is 3.62. The number of aromatic hydroxyl groups is 2. The van der Waals surface area contributed by atoms with Crippen LogP contribution in [0.25, 0.3) is 0 Å². The lowest BCUT2D eigenvalue weighted by Gasteiger charge is -2.08. The number of aryl methyl sites for hydroxylation is 1. The standard InChI is InChI=1S/C14H12ClNO3/c1-8-6-9(2-5-13(8)18)14(19)16-12-4-3-10(17)7-11(12)15/h2-7,17-18H,1H3,(H,16,19). The van der Waals surface area contributed by atoms with Gasteiger partial charge < -0.3 is 15.5 Å². The molecule has 3 N–H and O–H groups in total. The van der Waals surface area contributed by atoms with Gasteiger partial charge in [0.05, 0.1) is 10.7 Å². The zero-order valence-corrected chi connectivity index (χ0v) is 10.9. The summed E-state index contributed by atoms with van der Waals surface area (Å²) in [6.45, 7) is 1.71. The number of carbonyl (C=O) groups excluding carboxylic acids is 1. The van der Waals surface area contributed by atoms with Crippen LogP contribution in [0, 0.1) is 6.92 Å². The number of halogens is 1. The molecule has 19 heavy (non-hydrogen) atoms. The molecule has 0 aliphatic heterocycles. The van der Waals surface area contributed by atoms with E-state index >= 15 is 0 Å². The second-order valence-electron chi connectivity index (χ2n) is 4.12. The Balaban J connectivity index is 2.23. The molecule has 0 aliphatic rings. The van der Waals surface area contributed by atoms with E-state index in [-0.39, 0.29) is 22.4 Å². The van der Waals surface area contributed by atoms with Crippen LogP contribution in [0.2, 0.25) is 5.02 Å². The highest BCUT2D eigenvalue weighted by Gasteiger charge is 2.10. The molecule has 0 saturated heterocycles. The summed E-state index contributed by atoms with van der Waals surface area (Å²) in [5.74, 6) is -0.168. The lowest BCUT2D eigenvalue weighted by molar-refractivity contribution is 0.102. The fourth-order valence-corrected chi connectivity index (χ4v) is 1.82. The first-order chi connectivity index (χ1) is 8.97. The van der Waals surface area contributed by atoms with Crippen molar-refractivity contribution in [2.75, 3.05) is 5.32 Å². The Hall–Kier alpha value is -2.20. The largest absolute Gasteiger partial charge is 0.508 e. The van der Waals surface area contributed by atoms with Crippen LogP contribution in [-0.4, -0.2) is 16.1 Å². The number of hydrogen-bond acceptors (Lipinski definition) is 3. The Bertz CT molecular complexity index is 641. The highest BCUT2D eigenvalue weighted by Crippen LogP contribution is 2.26. The van der Waals surface area contributed by atoms with Crippen LogP contribution in [0.5, 0.6) is 11.5 Å². The van der Waals surface area contributed by atoms with Crippen molar-refractivity contribution in [1.82, 2.24) is 0 Å². The summed E-state index contributed by atoms with van der Waals surface area (Å²) in [7, 11) is 0. The minimum absolute atomic E-state index is 0.0310. The van der Waals surface area contributed by atoms with Crippen molar-refractivity contribution in [3.05, 3.63) is 52.5 Å². The summed E-state index contributed by atoms with van der Waals surface area (Å²) >= 11 is 5.90. The molecule has 0 bridgehead atoms. The Labute approximate surface area is 115 Å². The molecule has 5 heteroatoms. The summed E-state index contributed by atoms with van der Waals surface area (Å²) in [4.78, 5) is 12.0. The third kappa shape index (κ3) is 2.98. The maximum absolute atomic E-state index is 12.0. The average molecular weight is 278 g/mol. The van der Waals surface area contributed by atoms with E-state index in [1.54, 1.807) is 13.0 Å². The zero-order valence-electron chi connectivity index (χ0n) is 10.1. The van der Waals surface area contributed by atoms with Gasteiger partial charge in [-0.2, -0.15) is 0 Å². The molecule has 0 spiro atoms. The SMILES string of the molecule is Cc1cc(C(=O)Nc2ccc(O)cc2Cl)ccc1O. The zero-order chi connectivity index (χ0) is 14.0. The minimum atomic E-state index is -0.337. The van der Waals surface area contributed by atoms with Gasteiger partial charge in [-0.15, -0.1) is 0 Å².